The summed E-state index contributed by atoms with van der Waals surface area (Å²) in [5.74, 6) is 1.10. The van der Waals surface area contributed by atoms with Gasteiger partial charge in [-0.1, -0.05) is 0 Å². The maximum Gasteiger partial charge on any atom is 0.125 e. The normalized spacial score (nSPS) is 21.8. The van der Waals surface area contributed by atoms with Crippen LogP contribution >= 0.6 is 0 Å². The van der Waals surface area contributed by atoms with Crippen LogP contribution in [0.4, 0.5) is 5.69 Å². The number of benzene rings is 1. The summed E-state index contributed by atoms with van der Waals surface area (Å²) in [6, 6.07) is 4.32. The second-order valence-electron chi connectivity index (χ2n) is 9.11. The third-order valence-electron chi connectivity index (χ3n) is 5.75. The topological polar surface area (TPSA) is 130 Å². The molecule has 1 aromatic carbocycles. The Morgan fingerprint density at radius 2 is 1.94 bits per heavy atom. The minimum absolute atomic E-state index is 0.140. The fourth-order valence-electron chi connectivity index (χ4n) is 4.01. The van der Waals surface area contributed by atoms with Crippen LogP contribution in [-0.2, 0) is 7.05 Å². The molecular formula is C24H38N6O3. The Morgan fingerprint density at radius 3 is 2.61 bits per heavy atom. The average Bonchev–Trinajstić information content (AvgIpc) is 3.12. The SMILES string of the molecule is C/C(=C/C(N)=Nc1cc(OC2CCC(NC[C@H](C)O)CC2)cc2c1ncn2C)NCC(C)O. The van der Waals surface area contributed by atoms with E-state index in [1.807, 2.05) is 30.7 Å². The zero-order valence-electron chi connectivity index (χ0n) is 20.1. The molecule has 3 rings (SSSR count). The van der Waals surface area contributed by atoms with Crippen LogP contribution in [0.3, 0.4) is 0 Å². The van der Waals surface area contributed by atoms with E-state index in [-0.39, 0.29) is 12.2 Å². The van der Waals surface area contributed by atoms with E-state index in [2.05, 4.69) is 20.6 Å². The van der Waals surface area contributed by atoms with E-state index in [0.717, 1.165) is 48.2 Å². The molecule has 182 valence electrons. The number of fused-ring (bicyclic) bond motifs is 1. The molecule has 2 aromatic rings. The molecule has 2 atom stereocenters. The van der Waals surface area contributed by atoms with E-state index in [1.54, 1.807) is 26.3 Å². The van der Waals surface area contributed by atoms with Crippen LogP contribution in [-0.4, -0.2) is 63.0 Å². The quantitative estimate of drug-likeness (QED) is 0.272. The first-order valence-electron chi connectivity index (χ1n) is 11.7. The van der Waals surface area contributed by atoms with E-state index < -0.39 is 6.10 Å². The number of hydrogen-bond donors (Lipinski definition) is 5. The van der Waals surface area contributed by atoms with Gasteiger partial charge in [-0.25, -0.2) is 9.98 Å². The van der Waals surface area contributed by atoms with Crippen molar-refractivity contribution in [1.29, 1.82) is 0 Å². The number of amidine groups is 1. The van der Waals surface area contributed by atoms with Crippen molar-refractivity contribution in [2.24, 2.45) is 17.8 Å². The van der Waals surface area contributed by atoms with Crippen molar-refractivity contribution in [3.63, 3.8) is 0 Å². The van der Waals surface area contributed by atoms with E-state index in [0.29, 0.717) is 30.7 Å². The summed E-state index contributed by atoms with van der Waals surface area (Å²) in [6.45, 7) is 6.47. The van der Waals surface area contributed by atoms with Gasteiger partial charge in [0.15, 0.2) is 0 Å². The monoisotopic (exact) mass is 458 g/mol. The van der Waals surface area contributed by atoms with Gasteiger partial charge in [-0.2, -0.15) is 0 Å². The standard InChI is InChI=1S/C24H38N6O3/c1-15(26-12-16(2)31)9-23(25)29-21-10-20(11-22-24(21)28-14-30(22)4)33-19-7-5-18(6-8-19)27-13-17(3)32/h9-11,14,16-19,26-27,31-32H,5-8,12-13H2,1-4H3,(H2,25,29)/b15-9-/t16?,17-,18?,19?/m0/s1. The van der Waals surface area contributed by atoms with Gasteiger partial charge in [0.05, 0.1) is 35.8 Å². The highest BCUT2D eigenvalue weighted by atomic mass is 16.5. The van der Waals surface area contributed by atoms with E-state index >= 15 is 0 Å². The van der Waals surface area contributed by atoms with Gasteiger partial charge in [-0.15, -0.1) is 0 Å². The number of aliphatic hydroxyl groups excluding tert-OH is 2. The summed E-state index contributed by atoms with van der Waals surface area (Å²) >= 11 is 0. The van der Waals surface area contributed by atoms with Crippen molar-refractivity contribution in [3.05, 3.63) is 30.2 Å². The first-order valence-corrected chi connectivity index (χ1v) is 11.7. The summed E-state index contributed by atoms with van der Waals surface area (Å²) in [5, 5.41) is 25.4. The summed E-state index contributed by atoms with van der Waals surface area (Å²) < 4.78 is 8.29. The third kappa shape index (κ3) is 7.45. The summed E-state index contributed by atoms with van der Waals surface area (Å²) in [7, 11) is 1.94. The molecule has 1 heterocycles. The molecule has 0 saturated heterocycles. The Kier molecular flexibility index (Phi) is 8.71. The van der Waals surface area contributed by atoms with Crippen LogP contribution < -0.4 is 21.1 Å². The smallest absolute Gasteiger partial charge is 0.125 e. The molecule has 1 fully saturated rings. The predicted octanol–water partition coefficient (Wildman–Crippen LogP) is 2.10. The second-order valence-corrected chi connectivity index (χ2v) is 9.11. The summed E-state index contributed by atoms with van der Waals surface area (Å²) in [6.07, 6.45) is 6.82. The number of nitrogens with one attached hydrogen (secondary N) is 2. The zero-order chi connectivity index (χ0) is 24.0. The maximum atomic E-state index is 9.48. The Morgan fingerprint density at radius 1 is 1.24 bits per heavy atom. The number of hydrogen-bond acceptors (Lipinski definition) is 7. The lowest BCUT2D eigenvalue weighted by molar-refractivity contribution is 0.131. The zero-order valence-corrected chi connectivity index (χ0v) is 20.1. The van der Waals surface area contributed by atoms with Crippen molar-refractivity contribution in [2.45, 2.75) is 70.8 Å². The van der Waals surface area contributed by atoms with Gasteiger partial charge in [0.25, 0.3) is 0 Å². The number of aromatic nitrogens is 2. The second kappa shape index (κ2) is 11.5. The summed E-state index contributed by atoms with van der Waals surface area (Å²) in [5.41, 5.74) is 9.36. The number of nitrogens with two attached hydrogens (primary N) is 1. The molecule has 1 aliphatic rings. The van der Waals surface area contributed by atoms with Crippen LogP contribution in [0, 0.1) is 0 Å². The van der Waals surface area contributed by atoms with Crippen LogP contribution in [0.15, 0.2) is 35.2 Å². The summed E-state index contributed by atoms with van der Waals surface area (Å²) in [4.78, 5) is 9.09. The number of ether oxygens (including phenoxy) is 1. The highest BCUT2D eigenvalue weighted by Crippen LogP contribution is 2.32. The first-order chi connectivity index (χ1) is 15.7. The number of imidazole rings is 1. The molecule has 0 radical (unpaired) electrons. The molecule has 9 nitrogen and oxygen atoms in total. The van der Waals surface area contributed by atoms with Crippen molar-refractivity contribution in [1.82, 2.24) is 20.2 Å². The molecule has 0 amide bonds. The van der Waals surface area contributed by atoms with Crippen LogP contribution in [0.1, 0.15) is 46.5 Å². The fourth-order valence-corrected chi connectivity index (χ4v) is 4.01. The number of nitrogens with zero attached hydrogens (tertiary/aromatic N) is 3. The lowest BCUT2D eigenvalue weighted by Crippen LogP contribution is -2.39. The molecule has 1 aliphatic carbocycles. The molecule has 33 heavy (non-hydrogen) atoms. The van der Waals surface area contributed by atoms with Crippen molar-refractivity contribution in [2.75, 3.05) is 13.1 Å². The van der Waals surface area contributed by atoms with Gasteiger partial charge in [-0.3, -0.25) is 0 Å². The Labute approximate surface area is 195 Å². The number of rotatable bonds is 10. The van der Waals surface area contributed by atoms with Crippen LogP contribution in [0.25, 0.3) is 11.0 Å². The van der Waals surface area contributed by atoms with Crippen LogP contribution in [0.5, 0.6) is 5.75 Å². The molecule has 0 bridgehead atoms. The third-order valence-corrected chi connectivity index (χ3v) is 5.75. The molecule has 1 aromatic heterocycles. The Hall–Kier alpha value is -2.62. The predicted molar refractivity (Wildman–Crippen MR) is 132 cm³/mol. The maximum absolute atomic E-state index is 9.48. The van der Waals surface area contributed by atoms with Crippen molar-refractivity contribution >= 4 is 22.6 Å². The number of aryl methyl sites for hydroxylation is 1. The van der Waals surface area contributed by atoms with Crippen molar-refractivity contribution < 1.29 is 14.9 Å². The van der Waals surface area contributed by atoms with Gasteiger partial charge in [0.2, 0.25) is 0 Å². The first kappa shape index (κ1) is 25.0. The minimum atomic E-state index is -0.447. The van der Waals surface area contributed by atoms with Gasteiger partial charge in [-0.05, 0) is 52.5 Å². The minimum Gasteiger partial charge on any atom is -0.490 e. The molecule has 6 N–H and O–H groups in total. The van der Waals surface area contributed by atoms with E-state index in [4.69, 9.17) is 10.5 Å². The van der Waals surface area contributed by atoms with E-state index in [1.165, 1.54) is 0 Å². The van der Waals surface area contributed by atoms with Gasteiger partial charge in [0, 0.05) is 44.0 Å². The largest absolute Gasteiger partial charge is 0.490 e. The fraction of sp³-hybridized carbons (Fsp3) is 0.583. The average molecular weight is 459 g/mol. The lowest BCUT2D eigenvalue weighted by atomic mass is 9.93. The highest BCUT2D eigenvalue weighted by molar-refractivity contribution is 5.98. The molecule has 9 heteroatoms. The molecule has 1 saturated carbocycles. The van der Waals surface area contributed by atoms with E-state index in [9.17, 15) is 10.2 Å². The number of allylic oxidation sites excluding steroid dienone is 1. The Bertz CT molecular complexity index is 974. The molecule has 1 unspecified atom stereocenters. The molecule has 0 spiro atoms. The van der Waals surface area contributed by atoms with Gasteiger partial charge in [0.1, 0.15) is 17.1 Å². The van der Waals surface area contributed by atoms with Gasteiger partial charge >= 0.3 is 0 Å². The Balaban J connectivity index is 1.73. The lowest BCUT2D eigenvalue weighted by Gasteiger charge is -2.30. The molecular weight excluding hydrogens is 420 g/mol. The van der Waals surface area contributed by atoms with Gasteiger partial charge < -0.3 is 35.9 Å². The number of aliphatic imine (C=N–C) groups is 1. The van der Waals surface area contributed by atoms with Crippen molar-refractivity contribution in [3.8, 4) is 5.75 Å². The van der Waals surface area contributed by atoms with Crippen LogP contribution in [0.2, 0.25) is 0 Å². The number of aliphatic hydroxyl groups is 2. The molecule has 0 aliphatic heterocycles. The highest BCUT2D eigenvalue weighted by Gasteiger charge is 2.23.